The predicted octanol–water partition coefficient (Wildman–Crippen LogP) is 2.93. The Labute approximate surface area is 164 Å². The standard InChI is InChI=1S/C22H24N4O2/c1-3-22-23-10-11-26(22)13-19-12-21(28-25-19)9-6-17-4-7-18(8-5-17)16(2)24-20-14-27-15-20/h4-5,7-8,10-12,16,20,24H,3,13-15H2,1-2H3. The highest BCUT2D eigenvalue weighted by Crippen LogP contribution is 2.16. The van der Waals surface area contributed by atoms with E-state index in [1.54, 1.807) is 6.20 Å². The summed E-state index contributed by atoms with van der Waals surface area (Å²) in [5.74, 6) is 7.79. The molecule has 4 rings (SSSR count). The second-order valence-electron chi connectivity index (χ2n) is 7.00. The number of imidazole rings is 1. The summed E-state index contributed by atoms with van der Waals surface area (Å²) in [5, 5.41) is 7.66. The number of hydrogen-bond donors (Lipinski definition) is 1. The molecule has 3 aromatic rings. The quantitative estimate of drug-likeness (QED) is 0.670. The SMILES string of the molecule is CCc1nccn1Cc1cc(C#Cc2ccc(C(C)NC3COC3)cc2)on1. The molecule has 2 aromatic heterocycles. The lowest BCUT2D eigenvalue weighted by molar-refractivity contribution is -0.00925. The van der Waals surface area contributed by atoms with E-state index in [0.717, 1.165) is 36.7 Å². The Bertz CT molecular complexity index is 974. The molecule has 1 atom stereocenters. The van der Waals surface area contributed by atoms with Crippen LogP contribution in [0.2, 0.25) is 0 Å². The molecule has 0 spiro atoms. The third kappa shape index (κ3) is 4.33. The van der Waals surface area contributed by atoms with E-state index in [2.05, 4.69) is 57.8 Å². The molecule has 6 nitrogen and oxygen atoms in total. The zero-order chi connectivity index (χ0) is 19.3. The van der Waals surface area contributed by atoms with Crippen molar-refractivity contribution in [3.05, 3.63) is 71.1 Å². The maximum Gasteiger partial charge on any atom is 0.210 e. The van der Waals surface area contributed by atoms with E-state index in [1.807, 2.05) is 24.4 Å². The maximum absolute atomic E-state index is 5.35. The highest BCUT2D eigenvalue weighted by molar-refractivity contribution is 5.41. The van der Waals surface area contributed by atoms with Gasteiger partial charge in [0, 0.05) is 36.5 Å². The fourth-order valence-electron chi connectivity index (χ4n) is 3.19. The minimum atomic E-state index is 0.295. The van der Waals surface area contributed by atoms with Gasteiger partial charge in [-0.2, -0.15) is 0 Å². The molecule has 1 unspecified atom stereocenters. The van der Waals surface area contributed by atoms with E-state index in [1.165, 1.54) is 5.56 Å². The van der Waals surface area contributed by atoms with Gasteiger partial charge in [-0.05, 0) is 30.5 Å². The minimum absolute atomic E-state index is 0.295. The van der Waals surface area contributed by atoms with Gasteiger partial charge < -0.3 is 19.1 Å². The van der Waals surface area contributed by atoms with Gasteiger partial charge in [-0.25, -0.2) is 4.98 Å². The number of benzene rings is 1. The first-order chi connectivity index (χ1) is 13.7. The largest absolute Gasteiger partial charge is 0.378 e. The fraction of sp³-hybridized carbons (Fsp3) is 0.364. The Morgan fingerprint density at radius 3 is 2.79 bits per heavy atom. The normalized spacial score (nSPS) is 14.9. The molecule has 1 aromatic carbocycles. The van der Waals surface area contributed by atoms with E-state index in [-0.39, 0.29) is 0 Å². The van der Waals surface area contributed by atoms with E-state index in [4.69, 9.17) is 9.26 Å². The lowest BCUT2D eigenvalue weighted by Crippen LogP contribution is -2.46. The van der Waals surface area contributed by atoms with Crippen LogP contribution < -0.4 is 5.32 Å². The van der Waals surface area contributed by atoms with Crippen molar-refractivity contribution in [3.8, 4) is 11.8 Å². The van der Waals surface area contributed by atoms with Crippen molar-refractivity contribution < 1.29 is 9.26 Å². The Morgan fingerprint density at radius 2 is 2.07 bits per heavy atom. The van der Waals surface area contributed by atoms with Gasteiger partial charge in [0.15, 0.2) is 0 Å². The topological polar surface area (TPSA) is 65.1 Å². The summed E-state index contributed by atoms with van der Waals surface area (Å²) in [6.07, 6.45) is 4.64. The summed E-state index contributed by atoms with van der Waals surface area (Å²) in [5.41, 5.74) is 3.03. The van der Waals surface area contributed by atoms with Crippen LogP contribution >= 0.6 is 0 Å². The van der Waals surface area contributed by atoms with Crippen molar-refractivity contribution in [2.24, 2.45) is 0 Å². The summed E-state index contributed by atoms with van der Waals surface area (Å²) < 4.78 is 12.6. The maximum atomic E-state index is 5.35. The molecule has 1 aliphatic heterocycles. The molecule has 0 aliphatic carbocycles. The number of ether oxygens (including phenoxy) is 1. The number of aryl methyl sites for hydroxylation is 1. The zero-order valence-corrected chi connectivity index (χ0v) is 16.2. The first-order valence-electron chi connectivity index (χ1n) is 9.62. The van der Waals surface area contributed by atoms with Crippen LogP contribution in [-0.2, 0) is 17.7 Å². The molecule has 1 saturated heterocycles. The monoisotopic (exact) mass is 376 g/mol. The second-order valence-corrected chi connectivity index (χ2v) is 7.00. The van der Waals surface area contributed by atoms with Crippen molar-refractivity contribution >= 4 is 0 Å². The van der Waals surface area contributed by atoms with Crippen LogP contribution in [0.15, 0.2) is 47.2 Å². The summed E-state index contributed by atoms with van der Waals surface area (Å²) in [7, 11) is 0. The van der Waals surface area contributed by atoms with Crippen LogP contribution in [0.5, 0.6) is 0 Å². The highest BCUT2D eigenvalue weighted by atomic mass is 16.5. The Morgan fingerprint density at radius 1 is 1.25 bits per heavy atom. The van der Waals surface area contributed by atoms with Crippen LogP contribution in [0.25, 0.3) is 0 Å². The predicted molar refractivity (Wildman–Crippen MR) is 106 cm³/mol. The molecular weight excluding hydrogens is 352 g/mol. The third-order valence-corrected chi connectivity index (χ3v) is 4.87. The first kappa shape index (κ1) is 18.5. The van der Waals surface area contributed by atoms with Gasteiger partial charge in [-0.3, -0.25) is 0 Å². The zero-order valence-electron chi connectivity index (χ0n) is 16.2. The minimum Gasteiger partial charge on any atom is -0.378 e. The first-order valence-corrected chi connectivity index (χ1v) is 9.62. The molecule has 1 N–H and O–H groups in total. The number of rotatable bonds is 6. The van der Waals surface area contributed by atoms with Crippen molar-refractivity contribution in [1.82, 2.24) is 20.0 Å². The number of aromatic nitrogens is 3. The summed E-state index contributed by atoms with van der Waals surface area (Å²) >= 11 is 0. The molecule has 144 valence electrons. The molecule has 3 heterocycles. The van der Waals surface area contributed by atoms with E-state index in [9.17, 15) is 0 Å². The summed E-state index contributed by atoms with van der Waals surface area (Å²) in [4.78, 5) is 4.32. The lowest BCUT2D eigenvalue weighted by Gasteiger charge is -2.30. The molecule has 1 fully saturated rings. The number of hydrogen-bond acceptors (Lipinski definition) is 5. The Hall–Kier alpha value is -2.88. The van der Waals surface area contributed by atoms with Gasteiger partial charge in [0.05, 0.1) is 25.8 Å². The van der Waals surface area contributed by atoms with Crippen LogP contribution in [0.3, 0.4) is 0 Å². The molecule has 28 heavy (non-hydrogen) atoms. The molecule has 1 aliphatic rings. The van der Waals surface area contributed by atoms with E-state index >= 15 is 0 Å². The smallest absolute Gasteiger partial charge is 0.210 e. The molecule has 0 radical (unpaired) electrons. The summed E-state index contributed by atoms with van der Waals surface area (Å²) in [6, 6.07) is 10.9. The van der Waals surface area contributed by atoms with E-state index in [0.29, 0.717) is 24.4 Å². The number of nitrogens with one attached hydrogen (secondary N) is 1. The van der Waals surface area contributed by atoms with Gasteiger partial charge in [-0.15, -0.1) is 0 Å². The molecular formula is C22H24N4O2. The van der Waals surface area contributed by atoms with Gasteiger partial charge in [0.2, 0.25) is 5.76 Å². The van der Waals surface area contributed by atoms with Crippen LogP contribution in [-0.4, -0.2) is 34.0 Å². The average Bonchev–Trinajstić information content (AvgIpc) is 3.32. The average molecular weight is 376 g/mol. The molecule has 0 saturated carbocycles. The lowest BCUT2D eigenvalue weighted by atomic mass is 10.0. The highest BCUT2D eigenvalue weighted by Gasteiger charge is 2.20. The molecule has 0 bridgehead atoms. The Kier molecular flexibility index (Phi) is 5.56. The van der Waals surface area contributed by atoms with E-state index < -0.39 is 0 Å². The third-order valence-electron chi connectivity index (χ3n) is 4.87. The van der Waals surface area contributed by atoms with Crippen molar-refractivity contribution in [3.63, 3.8) is 0 Å². The van der Waals surface area contributed by atoms with Gasteiger partial charge >= 0.3 is 0 Å². The fourth-order valence-corrected chi connectivity index (χ4v) is 3.19. The molecule has 6 heteroatoms. The van der Waals surface area contributed by atoms with Gasteiger partial charge in [-0.1, -0.05) is 30.1 Å². The second kappa shape index (κ2) is 8.42. The Balaban J connectivity index is 1.38. The molecule has 0 amide bonds. The van der Waals surface area contributed by atoms with Crippen molar-refractivity contribution in [1.29, 1.82) is 0 Å². The van der Waals surface area contributed by atoms with Crippen LogP contribution in [0.4, 0.5) is 0 Å². The summed E-state index contributed by atoms with van der Waals surface area (Å²) in [6.45, 7) is 6.49. The number of nitrogens with zero attached hydrogens (tertiary/aromatic N) is 3. The van der Waals surface area contributed by atoms with Crippen molar-refractivity contribution in [2.75, 3.05) is 13.2 Å². The van der Waals surface area contributed by atoms with Crippen LogP contribution in [0.1, 0.15) is 48.3 Å². The van der Waals surface area contributed by atoms with Gasteiger partial charge in [0.25, 0.3) is 0 Å². The van der Waals surface area contributed by atoms with Crippen LogP contribution in [0, 0.1) is 11.8 Å². The van der Waals surface area contributed by atoms with Crippen molar-refractivity contribution in [2.45, 2.75) is 38.9 Å². The van der Waals surface area contributed by atoms with Gasteiger partial charge in [0.1, 0.15) is 11.5 Å².